The van der Waals surface area contributed by atoms with Crippen LogP contribution in [0.2, 0.25) is 0 Å². The highest BCUT2D eigenvalue weighted by atomic mass is 32.2. The summed E-state index contributed by atoms with van der Waals surface area (Å²) in [5, 5.41) is 0.365. The molecule has 0 aliphatic rings. The molecule has 4 aromatic rings. The van der Waals surface area contributed by atoms with Crippen LogP contribution in [-0.4, -0.2) is 13.4 Å². The summed E-state index contributed by atoms with van der Waals surface area (Å²) in [5.74, 6) is 0.351. The van der Waals surface area contributed by atoms with Crippen molar-refractivity contribution in [2.75, 3.05) is 4.72 Å². The Labute approximate surface area is 174 Å². The zero-order valence-electron chi connectivity index (χ0n) is 16.5. The van der Waals surface area contributed by atoms with Crippen LogP contribution >= 0.6 is 0 Å². The molecule has 152 valence electrons. The average Bonchev–Trinajstić information content (AvgIpc) is 2.74. The van der Waals surface area contributed by atoms with Gasteiger partial charge in [0.25, 0.3) is 10.0 Å². The average molecular weight is 420 g/mol. The molecule has 30 heavy (non-hydrogen) atoms. The summed E-state index contributed by atoms with van der Waals surface area (Å²) in [7, 11) is -3.84. The Morgan fingerprint density at radius 1 is 0.900 bits per heavy atom. The zero-order chi connectivity index (χ0) is 21.3. The minimum atomic E-state index is -3.84. The van der Waals surface area contributed by atoms with Gasteiger partial charge >= 0.3 is 5.63 Å². The highest BCUT2D eigenvalue weighted by molar-refractivity contribution is 7.92. The van der Waals surface area contributed by atoms with Crippen molar-refractivity contribution < 1.29 is 12.8 Å². The van der Waals surface area contributed by atoms with Gasteiger partial charge in [0.2, 0.25) is 5.89 Å². The van der Waals surface area contributed by atoms with Crippen LogP contribution < -0.4 is 10.3 Å². The van der Waals surface area contributed by atoms with E-state index in [1.165, 1.54) is 0 Å². The van der Waals surface area contributed by atoms with Crippen molar-refractivity contribution in [1.82, 2.24) is 4.98 Å². The summed E-state index contributed by atoms with van der Waals surface area (Å²) in [6.45, 7) is 4.09. The first-order valence-electron chi connectivity index (χ1n) is 9.47. The molecule has 0 radical (unpaired) electrons. The first kappa shape index (κ1) is 19.8. The lowest BCUT2D eigenvalue weighted by Crippen LogP contribution is -2.14. The quantitative estimate of drug-likeness (QED) is 0.502. The summed E-state index contributed by atoms with van der Waals surface area (Å²) in [6.07, 6.45) is 0. The molecule has 0 aliphatic carbocycles. The summed E-state index contributed by atoms with van der Waals surface area (Å²) in [4.78, 5) is 16.9. The van der Waals surface area contributed by atoms with Gasteiger partial charge in [0.1, 0.15) is 0 Å². The summed E-state index contributed by atoms with van der Waals surface area (Å²) in [5.41, 5.74) is 1.65. The van der Waals surface area contributed by atoms with Crippen LogP contribution in [-0.2, 0) is 10.0 Å². The van der Waals surface area contributed by atoms with Crippen molar-refractivity contribution in [3.8, 4) is 11.5 Å². The van der Waals surface area contributed by atoms with Crippen LogP contribution in [0.1, 0.15) is 25.3 Å². The molecule has 0 bridgehead atoms. The molecule has 0 unspecified atom stereocenters. The fraction of sp³-hybridized carbons (Fsp3) is 0.130. The van der Waals surface area contributed by atoms with E-state index in [1.54, 1.807) is 72.8 Å². The smallest absolute Gasteiger partial charge is 0.347 e. The third-order valence-corrected chi connectivity index (χ3v) is 6.18. The van der Waals surface area contributed by atoms with E-state index >= 15 is 0 Å². The molecule has 0 aliphatic heterocycles. The largest absolute Gasteiger partial charge is 0.403 e. The van der Waals surface area contributed by atoms with Gasteiger partial charge < -0.3 is 4.42 Å². The van der Waals surface area contributed by atoms with E-state index in [9.17, 15) is 13.2 Å². The van der Waals surface area contributed by atoms with Crippen LogP contribution in [0.25, 0.3) is 22.4 Å². The Morgan fingerprint density at radius 3 is 2.30 bits per heavy atom. The number of para-hydroxylation sites is 2. The van der Waals surface area contributed by atoms with E-state index < -0.39 is 15.6 Å². The predicted molar refractivity (Wildman–Crippen MR) is 117 cm³/mol. The molecule has 1 aromatic heterocycles. The van der Waals surface area contributed by atoms with Crippen LogP contribution in [0.15, 0.2) is 86.9 Å². The van der Waals surface area contributed by atoms with Gasteiger partial charge in [-0.15, -0.1) is 0 Å². The fourth-order valence-electron chi connectivity index (χ4n) is 3.13. The maximum Gasteiger partial charge on any atom is 0.347 e. The predicted octanol–water partition coefficient (Wildman–Crippen LogP) is 4.78. The Balaban J connectivity index is 1.75. The number of hydrogen-bond acceptors (Lipinski definition) is 5. The van der Waals surface area contributed by atoms with E-state index in [-0.39, 0.29) is 16.5 Å². The molecular formula is C23H20N2O4S. The monoisotopic (exact) mass is 420 g/mol. The van der Waals surface area contributed by atoms with Gasteiger partial charge in [-0.1, -0.05) is 50.2 Å². The third kappa shape index (κ3) is 3.84. The molecule has 3 aromatic carbocycles. The molecule has 4 rings (SSSR count). The van der Waals surface area contributed by atoms with Gasteiger partial charge in [-0.2, -0.15) is 0 Å². The van der Waals surface area contributed by atoms with Crippen molar-refractivity contribution in [1.29, 1.82) is 0 Å². The molecule has 0 fully saturated rings. The minimum absolute atomic E-state index is 0.0483. The SMILES string of the molecule is CC(C)c1ccc(S(=O)(=O)Nc2ccccc2-c2nc3ccccc3c(=O)o2)cc1. The molecule has 1 heterocycles. The van der Waals surface area contributed by atoms with E-state index in [4.69, 9.17) is 4.42 Å². The molecule has 7 heteroatoms. The Morgan fingerprint density at radius 2 is 1.57 bits per heavy atom. The highest BCUT2D eigenvalue weighted by Gasteiger charge is 2.19. The number of aromatic nitrogens is 1. The highest BCUT2D eigenvalue weighted by Crippen LogP contribution is 2.29. The molecular weight excluding hydrogens is 400 g/mol. The number of benzene rings is 3. The number of hydrogen-bond donors (Lipinski definition) is 1. The molecule has 0 saturated carbocycles. The summed E-state index contributed by atoms with van der Waals surface area (Å²) < 4.78 is 33.8. The Kier molecular flexibility index (Phi) is 5.13. The molecule has 0 atom stereocenters. The second-order valence-corrected chi connectivity index (χ2v) is 8.88. The number of nitrogens with one attached hydrogen (secondary N) is 1. The number of anilines is 1. The van der Waals surface area contributed by atoms with Crippen LogP contribution in [0.4, 0.5) is 5.69 Å². The van der Waals surface area contributed by atoms with Crippen molar-refractivity contribution in [2.24, 2.45) is 0 Å². The summed E-state index contributed by atoms with van der Waals surface area (Å²) in [6, 6.07) is 20.3. The maximum atomic E-state index is 12.9. The van der Waals surface area contributed by atoms with Gasteiger partial charge in [-0.3, -0.25) is 4.72 Å². The Hall–Kier alpha value is -3.45. The maximum absolute atomic E-state index is 12.9. The number of rotatable bonds is 5. The van der Waals surface area contributed by atoms with Gasteiger partial charge in [-0.25, -0.2) is 18.2 Å². The van der Waals surface area contributed by atoms with Crippen molar-refractivity contribution in [2.45, 2.75) is 24.7 Å². The molecule has 1 N–H and O–H groups in total. The zero-order valence-corrected chi connectivity index (χ0v) is 17.3. The van der Waals surface area contributed by atoms with E-state index in [1.807, 2.05) is 13.8 Å². The van der Waals surface area contributed by atoms with Crippen molar-refractivity contribution in [3.63, 3.8) is 0 Å². The summed E-state index contributed by atoms with van der Waals surface area (Å²) >= 11 is 0. The Bertz CT molecular complexity index is 1370. The molecule has 6 nitrogen and oxygen atoms in total. The molecule has 0 saturated heterocycles. The van der Waals surface area contributed by atoms with E-state index in [2.05, 4.69) is 9.71 Å². The first-order valence-corrected chi connectivity index (χ1v) is 11.0. The van der Waals surface area contributed by atoms with Gasteiger partial charge in [-0.05, 0) is 47.9 Å². The van der Waals surface area contributed by atoms with Crippen LogP contribution in [0.3, 0.4) is 0 Å². The normalized spacial score (nSPS) is 11.7. The number of fused-ring (bicyclic) bond motifs is 1. The first-order chi connectivity index (χ1) is 14.3. The van der Waals surface area contributed by atoms with Crippen molar-refractivity contribution >= 4 is 26.6 Å². The molecule has 0 spiro atoms. The lowest BCUT2D eigenvalue weighted by atomic mass is 10.0. The van der Waals surface area contributed by atoms with E-state index in [0.29, 0.717) is 22.4 Å². The fourth-order valence-corrected chi connectivity index (χ4v) is 4.21. The van der Waals surface area contributed by atoms with E-state index in [0.717, 1.165) is 5.56 Å². The van der Waals surface area contributed by atoms with Gasteiger partial charge in [0.15, 0.2) is 0 Å². The van der Waals surface area contributed by atoms with Gasteiger partial charge in [0.05, 0.1) is 27.0 Å². The minimum Gasteiger partial charge on any atom is -0.403 e. The topological polar surface area (TPSA) is 89.3 Å². The molecule has 0 amide bonds. The number of sulfonamides is 1. The second-order valence-electron chi connectivity index (χ2n) is 7.20. The second kappa shape index (κ2) is 7.76. The lowest BCUT2D eigenvalue weighted by molar-refractivity contribution is 0.518. The number of nitrogens with zero attached hydrogens (tertiary/aromatic N) is 1. The lowest BCUT2D eigenvalue weighted by Gasteiger charge is -2.13. The van der Waals surface area contributed by atoms with Crippen molar-refractivity contribution in [3.05, 3.63) is 88.8 Å². The van der Waals surface area contributed by atoms with Crippen LogP contribution in [0, 0.1) is 0 Å². The van der Waals surface area contributed by atoms with Gasteiger partial charge in [0, 0.05) is 0 Å². The third-order valence-electron chi connectivity index (χ3n) is 4.79. The standard InChI is InChI=1S/C23H20N2O4S/c1-15(2)16-11-13-17(14-12-16)30(27,28)25-21-10-6-3-7-18(21)22-24-20-9-5-4-8-19(20)23(26)29-22/h3-15,25H,1-2H3. The van der Waals surface area contributed by atoms with Crippen LogP contribution in [0.5, 0.6) is 0 Å².